The molecule has 0 bridgehead atoms. The van der Waals surface area contributed by atoms with Gasteiger partial charge < -0.3 is 10.4 Å². The Hall–Kier alpha value is -0.880. The lowest BCUT2D eigenvalue weighted by atomic mass is 9.82. The molecule has 0 unspecified atom stereocenters. The summed E-state index contributed by atoms with van der Waals surface area (Å²) in [6.07, 6.45) is 0.987. The molecule has 1 heterocycles. The van der Waals surface area contributed by atoms with E-state index in [1.54, 1.807) is 6.07 Å². The lowest BCUT2D eigenvalue weighted by Gasteiger charge is -2.26. The van der Waals surface area contributed by atoms with Crippen molar-refractivity contribution in [2.24, 2.45) is 5.41 Å². The number of carbonyl (C=O) groups is 2. The van der Waals surface area contributed by atoms with Crippen LogP contribution in [-0.2, 0) is 4.79 Å². The third-order valence-corrected chi connectivity index (χ3v) is 4.88. The molecule has 1 aromatic rings. The SMILES string of the molecule is CCC(CC)(CNC(=O)c1cc(Br)cs1)C(=O)O. The Morgan fingerprint density at radius 3 is 2.44 bits per heavy atom. The van der Waals surface area contributed by atoms with E-state index in [0.717, 1.165) is 4.47 Å². The molecule has 0 atom stereocenters. The maximum Gasteiger partial charge on any atom is 0.311 e. The predicted octanol–water partition coefficient (Wildman–Crippen LogP) is 3.13. The van der Waals surface area contributed by atoms with Gasteiger partial charge in [-0.3, -0.25) is 9.59 Å². The van der Waals surface area contributed by atoms with Gasteiger partial charge in [-0.2, -0.15) is 0 Å². The molecule has 1 rings (SSSR count). The lowest BCUT2D eigenvalue weighted by Crippen LogP contribution is -2.42. The molecule has 18 heavy (non-hydrogen) atoms. The first-order valence-electron chi connectivity index (χ1n) is 5.71. The molecule has 1 aromatic heterocycles. The highest BCUT2D eigenvalue weighted by atomic mass is 79.9. The summed E-state index contributed by atoms with van der Waals surface area (Å²) in [5, 5.41) is 13.8. The molecule has 6 heteroatoms. The van der Waals surface area contributed by atoms with Crippen molar-refractivity contribution >= 4 is 39.1 Å². The summed E-state index contributed by atoms with van der Waals surface area (Å²) >= 11 is 4.60. The Kier molecular flexibility index (Phi) is 5.34. The van der Waals surface area contributed by atoms with E-state index in [2.05, 4.69) is 21.2 Å². The highest BCUT2D eigenvalue weighted by molar-refractivity contribution is 9.10. The van der Waals surface area contributed by atoms with Crippen LogP contribution < -0.4 is 5.32 Å². The fourth-order valence-corrected chi connectivity index (χ4v) is 2.99. The van der Waals surface area contributed by atoms with Gasteiger partial charge in [-0.05, 0) is 34.8 Å². The smallest absolute Gasteiger partial charge is 0.311 e. The number of halogens is 1. The molecule has 1 amide bonds. The van der Waals surface area contributed by atoms with Crippen LogP contribution >= 0.6 is 27.3 Å². The van der Waals surface area contributed by atoms with E-state index in [0.29, 0.717) is 17.7 Å². The summed E-state index contributed by atoms with van der Waals surface area (Å²) in [5.41, 5.74) is -0.871. The molecule has 0 aliphatic heterocycles. The number of carbonyl (C=O) groups excluding carboxylic acids is 1. The van der Waals surface area contributed by atoms with Crippen LogP contribution in [0.4, 0.5) is 0 Å². The van der Waals surface area contributed by atoms with Gasteiger partial charge >= 0.3 is 5.97 Å². The molecule has 0 saturated carbocycles. The van der Waals surface area contributed by atoms with Gasteiger partial charge in [-0.1, -0.05) is 13.8 Å². The van der Waals surface area contributed by atoms with Crippen LogP contribution in [0.15, 0.2) is 15.9 Å². The molecule has 100 valence electrons. The minimum absolute atomic E-state index is 0.156. The number of carboxylic acids is 1. The van der Waals surface area contributed by atoms with Crippen LogP contribution in [0.25, 0.3) is 0 Å². The minimum atomic E-state index is -0.871. The summed E-state index contributed by atoms with van der Waals surface area (Å²) in [4.78, 5) is 23.7. The number of rotatable bonds is 6. The third kappa shape index (κ3) is 3.32. The van der Waals surface area contributed by atoms with Crippen LogP contribution in [0.5, 0.6) is 0 Å². The second-order valence-electron chi connectivity index (χ2n) is 4.10. The van der Waals surface area contributed by atoms with Gasteiger partial charge in [-0.25, -0.2) is 0 Å². The highest BCUT2D eigenvalue weighted by Crippen LogP contribution is 2.26. The zero-order chi connectivity index (χ0) is 13.8. The van der Waals surface area contributed by atoms with Crippen molar-refractivity contribution < 1.29 is 14.7 Å². The van der Waals surface area contributed by atoms with Crippen LogP contribution in [0.3, 0.4) is 0 Å². The van der Waals surface area contributed by atoms with Gasteiger partial charge in [0.1, 0.15) is 0 Å². The fraction of sp³-hybridized carbons (Fsp3) is 0.500. The average molecular weight is 334 g/mol. The van der Waals surface area contributed by atoms with Gasteiger partial charge in [0.25, 0.3) is 5.91 Å². The van der Waals surface area contributed by atoms with Crippen molar-refractivity contribution in [3.63, 3.8) is 0 Å². The topological polar surface area (TPSA) is 66.4 Å². The number of hydrogen-bond acceptors (Lipinski definition) is 3. The maximum atomic E-state index is 11.8. The first-order chi connectivity index (χ1) is 8.45. The Morgan fingerprint density at radius 1 is 1.44 bits per heavy atom. The van der Waals surface area contributed by atoms with Crippen LogP contribution in [0, 0.1) is 5.41 Å². The Bertz CT molecular complexity index is 440. The van der Waals surface area contributed by atoms with Crippen molar-refractivity contribution in [1.82, 2.24) is 5.32 Å². The standard InChI is InChI=1S/C12H16BrNO3S/c1-3-12(4-2,11(16)17)7-14-10(15)9-5-8(13)6-18-9/h5-6H,3-4,7H2,1-2H3,(H,14,15)(H,16,17). The number of nitrogens with one attached hydrogen (secondary N) is 1. The molecule has 0 spiro atoms. The monoisotopic (exact) mass is 333 g/mol. The third-order valence-electron chi connectivity index (χ3n) is 3.19. The van der Waals surface area contributed by atoms with Crippen molar-refractivity contribution in [2.75, 3.05) is 6.54 Å². The molecule has 0 aliphatic rings. The zero-order valence-electron chi connectivity index (χ0n) is 10.3. The number of hydrogen-bond donors (Lipinski definition) is 2. The summed E-state index contributed by atoms with van der Waals surface area (Å²) in [6, 6.07) is 1.72. The minimum Gasteiger partial charge on any atom is -0.481 e. The van der Waals surface area contributed by atoms with Gasteiger partial charge in [0.2, 0.25) is 0 Å². The summed E-state index contributed by atoms with van der Waals surface area (Å²) < 4.78 is 0.855. The van der Waals surface area contributed by atoms with E-state index < -0.39 is 11.4 Å². The van der Waals surface area contributed by atoms with Gasteiger partial charge in [0.15, 0.2) is 0 Å². The normalized spacial score (nSPS) is 11.3. The van der Waals surface area contributed by atoms with Crippen molar-refractivity contribution in [3.05, 3.63) is 20.8 Å². The highest BCUT2D eigenvalue weighted by Gasteiger charge is 2.35. The van der Waals surface area contributed by atoms with Crippen molar-refractivity contribution in [1.29, 1.82) is 0 Å². The van der Waals surface area contributed by atoms with Gasteiger partial charge in [0.05, 0.1) is 10.3 Å². The van der Waals surface area contributed by atoms with E-state index in [1.807, 2.05) is 19.2 Å². The Morgan fingerprint density at radius 2 is 2.06 bits per heavy atom. The second kappa shape index (κ2) is 6.33. The first-order valence-corrected chi connectivity index (χ1v) is 7.38. The number of thiophene rings is 1. The van der Waals surface area contributed by atoms with Gasteiger partial charge in [0, 0.05) is 16.4 Å². The zero-order valence-corrected chi connectivity index (χ0v) is 12.7. The average Bonchev–Trinajstić information content (AvgIpc) is 2.77. The van der Waals surface area contributed by atoms with Crippen LogP contribution in [0.1, 0.15) is 36.4 Å². The maximum absolute atomic E-state index is 11.8. The van der Waals surface area contributed by atoms with Crippen molar-refractivity contribution in [3.8, 4) is 0 Å². The Labute approximate surface area is 119 Å². The van der Waals surface area contributed by atoms with Crippen molar-refractivity contribution in [2.45, 2.75) is 26.7 Å². The van der Waals surface area contributed by atoms with E-state index >= 15 is 0 Å². The number of carboxylic acid groups (broad SMARTS) is 1. The molecule has 0 aliphatic carbocycles. The molecule has 0 aromatic carbocycles. The quantitative estimate of drug-likeness (QED) is 0.840. The van der Waals surface area contributed by atoms with Crippen LogP contribution in [-0.4, -0.2) is 23.5 Å². The Balaban J connectivity index is 2.69. The fourth-order valence-electron chi connectivity index (χ4n) is 1.65. The summed E-state index contributed by atoms with van der Waals surface area (Å²) in [7, 11) is 0. The molecule has 0 radical (unpaired) electrons. The molecular weight excluding hydrogens is 318 g/mol. The molecule has 2 N–H and O–H groups in total. The molecule has 0 fully saturated rings. The molecular formula is C12H16BrNO3S. The molecule has 0 saturated heterocycles. The number of aliphatic carboxylic acids is 1. The summed E-state index contributed by atoms with van der Waals surface area (Å²) in [5.74, 6) is -1.08. The van der Waals surface area contributed by atoms with E-state index in [9.17, 15) is 14.7 Å². The van der Waals surface area contributed by atoms with E-state index in [1.165, 1.54) is 11.3 Å². The largest absolute Gasteiger partial charge is 0.481 e. The van der Waals surface area contributed by atoms with E-state index in [4.69, 9.17) is 0 Å². The van der Waals surface area contributed by atoms with Gasteiger partial charge in [-0.15, -0.1) is 11.3 Å². The van der Waals surface area contributed by atoms with E-state index in [-0.39, 0.29) is 12.5 Å². The molecule has 4 nitrogen and oxygen atoms in total. The number of amides is 1. The predicted molar refractivity (Wildman–Crippen MR) is 75.0 cm³/mol. The summed E-state index contributed by atoms with van der Waals surface area (Å²) in [6.45, 7) is 3.81. The lowest BCUT2D eigenvalue weighted by molar-refractivity contribution is -0.149. The second-order valence-corrected chi connectivity index (χ2v) is 5.93. The first kappa shape index (κ1) is 15.2. The van der Waals surface area contributed by atoms with Crippen LogP contribution in [0.2, 0.25) is 0 Å².